The van der Waals surface area contributed by atoms with Crippen molar-refractivity contribution in [3.63, 3.8) is 0 Å². The van der Waals surface area contributed by atoms with Crippen LogP contribution in [0.3, 0.4) is 0 Å². The van der Waals surface area contributed by atoms with Crippen LogP contribution in [0.2, 0.25) is 0 Å². The number of nitrogens with zero attached hydrogens (tertiary/aromatic N) is 1. The monoisotopic (exact) mass is 171 g/mol. The molecule has 1 fully saturated rings. The van der Waals surface area contributed by atoms with Crippen LogP contribution in [0.1, 0.15) is 19.8 Å². The Morgan fingerprint density at radius 2 is 2.36 bits per heavy atom. The van der Waals surface area contributed by atoms with Gasteiger partial charge in [-0.15, -0.1) is 0 Å². The fourth-order valence-electron chi connectivity index (χ4n) is 1.51. The largest absolute Gasteiger partial charge is 0.327 e. The third-order valence-electron chi connectivity index (χ3n) is 2.07. The lowest BCUT2D eigenvalue weighted by molar-refractivity contribution is 0.224. The maximum Gasteiger partial charge on any atom is 0.279 e. The normalized spacial score (nSPS) is 23.8. The molecule has 62 valence electrons. The predicted molar refractivity (Wildman–Crippen MR) is 48.9 cm³/mol. The van der Waals surface area contributed by atoms with Crippen molar-refractivity contribution in [2.24, 2.45) is 0 Å². The first-order valence-electron chi connectivity index (χ1n) is 3.78. The van der Waals surface area contributed by atoms with Crippen LogP contribution in [0.4, 0.5) is 4.79 Å². The van der Waals surface area contributed by atoms with Gasteiger partial charge in [0.1, 0.15) is 0 Å². The van der Waals surface area contributed by atoms with E-state index in [1.807, 2.05) is 6.92 Å². The summed E-state index contributed by atoms with van der Waals surface area (Å²) in [4.78, 5) is 12.7. The van der Waals surface area contributed by atoms with Gasteiger partial charge in [-0.1, -0.05) is 24.8 Å². The Labute approximate surface area is 72.7 Å². The first-order valence-corrected chi connectivity index (χ1v) is 4.22. The van der Waals surface area contributed by atoms with Crippen molar-refractivity contribution in [3.8, 4) is 0 Å². The lowest BCUT2D eigenvalue weighted by Gasteiger charge is -2.22. The first kappa shape index (κ1) is 8.65. The van der Waals surface area contributed by atoms with Gasteiger partial charge in [0.25, 0.3) is 5.24 Å². The van der Waals surface area contributed by atoms with Crippen LogP contribution < -0.4 is 0 Å². The van der Waals surface area contributed by atoms with E-state index in [0.717, 1.165) is 25.0 Å². The minimum Gasteiger partial charge on any atom is -0.327 e. The first-order chi connectivity index (χ1) is 5.13. The number of carbonyl (C=O) groups is 1. The van der Waals surface area contributed by atoms with Crippen LogP contribution >= 0.6 is 12.6 Å². The fraction of sp³-hybridized carbons (Fsp3) is 0.625. The van der Waals surface area contributed by atoms with Crippen LogP contribution in [0.25, 0.3) is 0 Å². The van der Waals surface area contributed by atoms with E-state index in [0.29, 0.717) is 0 Å². The van der Waals surface area contributed by atoms with Gasteiger partial charge in [0, 0.05) is 6.54 Å². The number of hydrogen-bond donors (Lipinski definition) is 1. The Hall–Kier alpha value is -0.440. The van der Waals surface area contributed by atoms with E-state index in [1.165, 1.54) is 0 Å². The van der Waals surface area contributed by atoms with Gasteiger partial charge in [-0.3, -0.25) is 4.79 Å². The lowest BCUT2D eigenvalue weighted by Crippen LogP contribution is -2.32. The molecule has 2 nitrogen and oxygen atoms in total. The van der Waals surface area contributed by atoms with E-state index in [-0.39, 0.29) is 11.3 Å². The standard InChI is InChI=1S/C8H13NOS/c1-6(2)7-4-3-5-9(7)8(10)11/h7H,1,3-5H2,2H3,(H,10,11). The Morgan fingerprint density at radius 1 is 1.73 bits per heavy atom. The zero-order valence-electron chi connectivity index (χ0n) is 6.71. The van der Waals surface area contributed by atoms with E-state index in [9.17, 15) is 4.79 Å². The van der Waals surface area contributed by atoms with E-state index in [2.05, 4.69) is 19.2 Å². The van der Waals surface area contributed by atoms with Gasteiger partial charge in [0.2, 0.25) is 0 Å². The topological polar surface area (TPSA) is 20.3 Å². The summed E-state index contributed by atoms with van der Waals surface area (Å²) < 4.78 is 0. The van der Waals surface area contributed by atoms with Crippen LogP contribution in [0.15, 0.2) is 12.2 Å². The molecule has 1 aliphatic rings. The molecule has 1 amide bonds. The molecular weight excluding hydrogens is 158 g/mol. The van der Waals surface area contributed by atoms with Gasteiger partial charge in [0.15, 0.2) is 0 Å². The van der Waals surface area contributed by atoms with Crippen LogP contribution in [-0.2, 0) is 0 Å². The molecule has 0 aromatic carbocycles. The van der Waals surface area contributed by atoms with Crippen LogP contribution in [0, 0.1) is 0 Å². The van der Waals surface area contributed by atoms with Gasteiger partial charge in [-0.05, 0) is 19.8 Å². The van der Waals surface area contributed by atoms with Gasteiger partial charge in [-0.25, -0.2) is 0 Å². The molecule has 0 bridgehead atoms. The van der Waals surface area contributed by atoms with Gasteiger partial charge >= 0.3 is 0 Å². The Bertz CT molecular complexity index is 171. The SMILES string of the molecule is C=C(C)C1CCCN1C(=O)S. The van der Waals surface area contributed by atoms with Crippen molar-refractivity contribution in [1.29, 1.82) is 0 Å². The Kier molecular flexibility index (Phi) is 2.60. The van der Waals surface area contributed by atoms with Gasteiger partial charge < -0.3 is 4.90 Å². The van der Waals surface area contributed by atoms with Crippen molar-refractivity contribution >= 4 is 17.9 Å². The maximum atomic E-state index is 10.9. The Balaban J connectivity index is 2.65. The molecule has 1 atom stereocenters. The second-order valence-electron chi connectivity index (χ2n) is 2.98. The summed E-state index contributed by atoms with van der Waals surface area (Å²) in [6.45, 7) is 6.63. The van der Waals surface area contributed by atoms with Crippen molar-refractivity contribution in [2.75, 3.05) is 6.54 Å². The molecule has 1 saturated heterocycles. The molecule has 3 heteroatoms. The number of thiol groups is 1. The van der Waals surface area contributed by atoms with Crippen LogP contribution in [0.5, 0.6) is 0 Å². The highest BCUT2D eigenvalue weighted by atomic mass is 32.1. The van der Waals surface area contributed by atoms with E-state index in [4.69, 9.17) is 0 Å². The van der Waals surface area contributed by atoms with E-state index >= 15 is 0 Å². The second kappa shape index (κ2) is 3.30. The number of likely N-dealkylation sites (tertiary alicyclic amines) is 1. The minimum absolute atomic E-state index is 0.129. The van der Waals surface area contributed by atoms with E-state index < -0.39 is 0 Å². The number of rotatable bonds is 1. The average molecular weight is 171 g/mol. The molecular formula is C8H13NOS. The molecule has 0 spiro atoms. The minimum atomic E-state index is -0.129. The van der Waals surface area contributed by atoms with E-state index in [1.54, 1.807) is 4.90 Å². The second-order valence-corrected chi connectivity index (χ2v) is 3.36. The molecule has 1 rings (SSSR count). The summed E-state index contributed by atoms with van der Waals surface area (Å²) in [6.07, 6.45) is 2.12. The number of amides is 1. The summed E-state index contributed by atoms with van der Waals surface area (Å²) in [5, 5.41) is -0.129. The molecule has 0 aromatic rings. The van der Waals surface area contributed by atoms with Crippen LogP contribution in [-0.4, -0.2) is 22.7 Å². The lowest BCUT2D eigenvalue weighted by atomic mass is 10.1. The molecule has 0 aliphatic carbocycles. The average Bonchev–Trinajstić information content (AvgIpc) is 2.32. The predicted octanol–water partition coefficient (Wildman–Crippen LogP) is 2.08. The Morgan fingerprint density at radius 3 is 2.73 bits per heavy atom. The molecule has 0 radical (unpaired) electrons. The zero-order valence-corrected chi connectivity index (χ0v) is 7.60. The molecule has 0 aromatic heterocycles. The van der Waals surface area contributed by atoms with Crippen molar-refractivity contribution in [3.05, 3.63) is 12.2 Å². The summed E-state index contributed by atoms with van der Waals surface area (Å²) in [5.74, 6) is 0. The highest BCUT2D eigenvalue weighted by molar-refractivity contribution is 7.96. The third-order valence-corrected chi connectivity index (χ3v) is 2.32. The van der Waals surface area contributed by atoms with Gasteiger partial charge in [-0.2, -0.15) is 0 Å². The van der Waals surface area contributed by atoms with Crippen molar-refractivity contribution < 1.29 is 4.79 Å². The third kappa shape index (κ3) is 1.77. The smallest absolute Gasteiger partial charge is 0.279 e. The summed E-state index contributed by atoms with van der Waals surface area (Å²) in [7, 11) is 0. The summed E-state index contributed by atoms with van der Waals surface area (Å²) in [6, 6.07) is 0.236. The molecule has 0 N–H and O–H groups in total. The molecule has 1 heterocycles. The quantitative estimate of drug-likeness (QED) is 0.473. The molecule has 1 aliphatic heterocycles. The molecule has 0 saturated carbocycles. The summed E-state index contributed by atoms with van der Waals surface area (Å²) in [5.41, 5.74) is 1.06. The zero-order chi connectivity index (χ0) is 8.43. The summed E-state index contributed by atoms with van der Waals surface area (Å²) >= 11 is 3.79. The fourth-order valence-corrected chi connectivity index (χ4v) is 1.75. The number of hydrogen-bond acceptors (Lipinski definition) is 1. The highest BCUT2D eigenvalue weighted by Crippen LogP contribution is 2.23. The van der Waals surface area contributed by atoms with Gasteiger partial charge in [0.05, 0.1) is 6.04 Å². The molecule has 1 unspecified atom stereocenters. The molecule has 11 heavy (non-hydrogen) atoms. The van der Waals surface area contributed by atoms with Crippen molar-refractivity contribution in [2.45, 2.75) is 25.8 Å². The van der Waals surface area contributed by atoms with Crippen molar-refractivity contribution in [1.82, 2.24) is 4.90 Å². The maximum absolute atomic E-state index is 10.9. The number of carbonyl (C=O) groups excluding carboxylic acids is 1. The highest BCUT2D eigenvalue weighted by Gasteiger charge is 2.26.